The van der Waals surface area contributed by atoms with Crippen molar-refractivity contribution in [3.63, 3.8) is 0 Å². The van der Waals surface area contributed by atoms with Crippen LogP contribution < -0.4 is 10.5 Å². The summed E-state index contributed by atoms with van der Waals surface area (Å²) in [6, 6.07) is 16.5. The van der Waals surface area contributed by atoms with Gasteiger partial charge in [0.25, 0.3) is 0 Å². The van der Waals surface area contributed by atoms with Crippen molar-refractivity contribution in [3.8, 4) is 11.5 Å². The van der Waals surface area contributed by atoms with Crippen LogP contribution in [0.2, 0.25) is 0 Å². The van der Waals surface area contributed by atoms with E-state index >= 15 is 0 Å². The van der Waals surface area contributed by atoms with E-state index < -0.39 is 0 Å². The van der Waals surface area contributed by atoms with Gasteiger partial charge in [-0.15, -0.1) is 0 Å². The molecule has 2 aromatic carbocycles. The monoisotopic (exact) mass is 269 g/mol. The summed E-state index contributed by atoms with van der Waals surface area (Å²) in [6.45, 7) is 6.38. The van der Waals surface area contributed by atoms with E-state index in [-0.39, 0.29) is 6.04 Å². The highest BCUT2D eigenvalue weighted by molar-refractivity contribution is 5.39. The number of benzene rings is 2. The minimum Gasteiger partial charge on any atom is -0.457 e. The molecule has 106 valence electrons. The first-order valence-electron chi connectivity index (χ1n) is 7.17. The van der Waals surface area contributed by atoms with Gasteiger partial charge < -0.3 is 10.5 Å². The highest BCUT2D eigenvalue weighted by atomic mass is 16.5. The maximum absolute atomic E-state index is 5.99. The van der Waals surface area contributed by atoms with Gasteiger partial charge in [-0.05, 0) is 48.6 Å². The topological polar surface area (TPSA) is 35.2 Å². The molecule has 2 heteroatoms. The molecule has 2 aromatic rings. The van der Waals surface area contributed by atoms with Crippen LogP contribution in [0, 0.1) is 0 Å². The molecule has 1 unspecified atom stereocenters. The summed E-state index contributed by atoms with van der Waals surface area (Å²) in [4.78, 5) is 0. The lowest BCUT2D eigenvalue weighted by molar-refractivity contribution is 0.473. The van der Waals surface area contributed by atoms with Gasteiger partial charge in [0.15, 0.2) is 0 Å². The van der Waals surface area contributed by atoms with E-state index in [2.05, 4.69) is 32.0 Å². The van der Waals surface area contributed by atoms with E-state index in [4.69, 9.17) is 10.5 Å². The van der Waals surface area contributed by atoms with Crippen molar-refractivity contribution in [2.45, 2.75) is 39.2 Å². The van der Waals surface area contributed by atoms with Crippen LogP contribution in [0.25, 0.3) is 0 Å². The molecule has 2 N–H and O–H groups in total. The van der Waals surface area contributed by atoms with Gasteiger partial charge in [0, 0.05) is 6.04 Å². The zero-order valence-corrected chi connectivity index (χ0v) is 12.5. The fourth-order valence-corrected chi connectivity index (χ4v) is 2.17. The van der Waals surface area contributed by atoms with E-state index in [1.165, 1.54) is 5.56 Å². The van der Waals surface area contributed by atoms with Crippen LogP contribution in [-0.2, 0) is 6.42 Å². The summed E-state index contributed by atoms with van der Waals surface area (Å²) >= 11 is 0. The molecule has 0 saturated carbocycles. The number of nitrogens with two attached hydrogens (primary N) is 1. The predicted molar refractivity (Wildman–Crippen MR) is 84.4 cm³/mol. The zero-order chi connectivity index (χ0) is 14.5. The average Bonchev–Trinajstić information content (AvgIpc) is 2.41. The standard InChI is InChI=1S/C18H23NO/c1-13(2)15-8-10-17(11-9-15)20-18-7-5-4-6-16(18)12-14(3)19/h4-11,13-14H,12,19H2,1-3H3. The highest BCUT2D eigenvalue weighted by Gasteiger charge is 2.07. The Labute approximate surface area is 121 Å². The number of hydrogen-bond acceptors (Lipinski definition) is 2. The third kappa shape index (κ3) is 3.84. The summed E-state index contributed by atoms with van der Waals surface area (Å²) in [7, 11) is 0. The molecule has 0 aliphatic rings. The number of hydrogen-bond donors (Lipinski definition) is 1. The van der Waals surface area contributed by atoms with Crippen LogP contribution in [0.4, 0.5) is 0 Å². The predicted octanol–water partition coefficient (Wildman–Crippen LogP) is 4.49. The largest absolute Gasteiger partial charge is 0.457 e. The van der Waals surface area contributed by atoms with Crippen LogP contribution in [0.5, 0.6) is 11.5 Å². The van der Waals surface area contributed by atoms with Crippen molar-refractivity contribution in [1.82, 2.24) is 0 Å². The second kappa shape index (κ2) is 6.58. The van der Waals surface area contributed by atoms with Crippen LogP contribution in [-0.4, -0.2) is 6.04 Å². The molecule has 0 radical (unpaired) electrons. The summed E-state index contributed by atoms with van der Waals surface area (Å²) in [6.07, 6.45) is 0.820. The van der Waals surface area contributed by atoms with Gasteiger partial charge >= 0.3 is 0 Å². The molecule has 0 aromatic heterocycles. The Kier molecular flexibility index (Phi) is 4.80. The van der Waals surface area contributed by atoms with Gasteiger partial charge in [-0.3, -0.25) is 0 Å². The normalized spacial score (nSPS) is 12.4. The first-order valence-corrected chi connectivity index (χ1v) is 7.17. The molecule has 0 amide bonds. The van der Waals surface area contributed by atoms with Crippen molar-refractivity contribution in [3.05, 3.63) is 59.7 Å². The van der Waals surface area contributed by atoms with Crippen molar-refractivity contribution >= 4 is 0 Å². The molecule has 0 aliphatic heterocycles. The maximum Gasteiger partial charge on any atom is 0.130 e. The van der Waals surface area contributed by atoms with Crippen molar-refractivity contribution in [2.24, 2.45) is 5.73 Å². The van der Waals surface area contributed by atoms with Gasteiger partial charge in [0.05, 0.1) is 0 Å². The molecule has 0 saturated heterocycles. The molecule has 0 heterocycles. The quantitative estimate of drug-likeness (QED) is 0.867. The van der Waals surface area contributed by atoms with Crippen LogP contribution in [0.3, 0.4) is 0 Å². The van der Waals surface area contributed by atoms with E-state index in [1.54, 1.807) is 0 Å². The lowest BCUT2D eigenvalue weighted by Crippen LogP contribution is -2.18. The Morgan fingerprint density at radius 3 is 2.20 bits per heavy atom. The van der Waals surface area contributed by atoms with Crippen molar-refractivity contribution in [2.75, 3.05) is 0 Å². The summed E-state index contributed by atoms with van der Waals surface area (Å²) in [5.41, 5.74) is 8.35. The summed E-state index contributed by atoms with van der Waals surface area (Å²) in [5, 5.41) is 0. The Balaban J connectivity index is 2.17. The third-order valence-corrected chi connectivity index (χ3v) is 3.29. The van der Waals surface area contributed by atoms with E-state index in [9.17, 15) is 0 Å². The second-order valence-corrected chi connectivity index (χ2v) is 5.61. The van der Waals surface area contributed by atoms with Gasteiger partial charge in [0.1, 0.15) is 11.5 Å². The van der Waals surface area contributed by atoms with Gasteiger partial charge in [-0.1, -0.05) is 44.2 Å². The third-order valence-electron chi connectivity index (χ3n) is 3.29. The molecular formula is C18H23NO. The SMILES string of the molecule is CC(N)Cc1ccccc1Oc1ccc(C(C)C)cc1. The highest BCUT2D eigenvalue weighted by Crippen LogP contribution is 2.27. The van der Waals surface area contributed by atoms with Crippen LogP contribution >= 0.6 is 0 Å². The van der Waals surface area contributed by atoms with Crippen LogP contribution in [0.15, 0.2) is 48.5 Å². The molecule has 0 bridgehead atoms. The molecule has 0 spiro atoms. The minimum absolute atomic E-state index is 0.128. The number of rotatable bonds is 5. The molecule has 20 heavy (non-hydrogen) atoms. The summed E-state index contributed by atoms with van der Waals surface area (Å²) < 4.78 is 5.99. The first-order chi connectivity index (χ1) is 9.56. The van der Waals surface area contributed by atoms with Crippen LogP contribution in [0.1, 0.15) is 37.8 Å². The lowest BCUT2D eigenvalue weighted by atomic mass is 10.0. The fourth-order valence-electron chi connectivity index (χ4n) is 2.17. The molecule has 1 atom stereocenters. The first kappa shape index (κ1) is 14.6. The molecule has 2 rings (SSSR count). The molecule has 0 aliphatic carbocycles. The van der Waals surface area contributed by atoms with Gasteiger partial charge in [-0.25, -0.2) is 0 Å². The Morgan fingerprint density at radius 2 is 1.60 bits per heavy atom. The Bertz CT molecular complexity index is 544. The zero-order valence-electron chi connectivity index (χ0n) is 12.5. The fraction of sp³-hybridized carbons (Fsp3) is 0.333. The Morgan fingerprint density at radius 1 is 0.950 bits per heavy atom. The number of ether oxygens (including phenoxy) is 1. The number of para-hydroxylation sites is 1. The van der Waals surface area contributed by atoms with Gasteiger partial charge in [0.2, 0.25) is 0 Å². The van der Waals surface area contributed by atoms with E-state index in [1.807, 2.05) is 37.3 Å². The maximum atomic E-state index is 5.99. The molecule has 0 fully saturated rings. The smallest absolute Gasteiger partial charge is 0.130 e. The van der Waals surface area contributed by atoms with E-state index in [0.717, 1.165) is 23.5 Å². The minimum atomic E-state index is 0.128. The molecular weight excluding hydrogens is 246 g/mol. The lowest BCUT2D eigenvalue weighted by Gasteiger charge is -2.13. The summed E-state index contributed by atoms with van der Waals surface area (Å²) in [5.74, 6) is 2.29. The Hall–Kier alpha value is -1.80. The average molecular weight is 269 g/mol. The van der Waals surface area contributed by atoms with Crippen molar-refractivity contribution < 1.29 is 4.74 Å². The van der Waals surface area contributed by atoms with E-state index in [0.29, 0.717) is 5.92 Å². The van der Waals surface area contributed by atoms with Crippen molar-refractivity contribution in [1.29, 1.82) is 0 Å². The second-order valence-electron chi connectivity index (χ2n) is 5.61. The molecule has 2 nitrogen and oxygen atoms in total. The van der Waals surface area contributed by atoms with Gasteiger partial charge in [-0.2, -0.15) is 0 Å².